The number of aromatic nitrogens is 1. The number of nitrogens with zero attached hydrogens (tertiary/aromatic N) is 1. The van der Waals surface area contributed by atoms with E-state index in [1.54, 1.807) is 7.11 Å². The van der Waals surface area contributed by atoms with Crippen LogP contribution in [0.3, 0.4) is 0 Å². The minimum atomic E-state index is -0.275. The normalized spacial score (nSPS) is 12.6. The molecule has 1 aromatic carbocycles. The highest BCUT2D eigenvalue weighted by atomic mass is 16.5. The van der Waals surface area contributed by atoms with Crippen molar-refractivity contribution in [3.8, 4) is 5.75 Å². The summed E-state index contributed by atoms with van der Waals surface area (Å²) in [5.41, 5.74) is 2.12. The molecule has 1 heterocycles. The lowest BCUT2D eigenvalue weighted by molar-refractivity contribution is 0.160. The first-order valence-corrected chi connectivity index (χ1v) is 7.05. The molecule has 0 aliphatic rings. The van der Waals surface area contributed by atoms with Crippen molar-refractivity contribution in [2.24, 2.45) is 0 Å². The number of fused-ring (bicyclic) bond motifs is 1. The van der Waals surface area contributed by atoms with Gasteiger partial charge in [-0.25, -0.2) is 0 Å². The summed E-state index contributed by atoms with van der Waals surface area (Å²) in [7, 11) is 1.66. The molecule has 0 amide bonds. The number of nitrogens with one attached hydrogen (secondary N) is 1. The Labute approximate surface area is 119 Å². The van der Waals surface area contributed by atoms with Gasteiger partial charge in [0, 0.05) is 24.7 Å². The number of benzene rings is 1. The van der Waals surface area contributed by atoms with Gasteiger partial charge in [-0.2, -0.15) is 0 Å². The first-order valence-electron chi connectivity index (χ1n) is 7.05. The summed E-state index contributed by atoms with van der Waals surface area (Å²) < 4.78 is 5.26. The molecular formula is C16H22N2O2. The topological polar surface area (TPSA) is 54.4 Å². The fourth-order valence-electron chi connectivity index (χ4n) is 2.27. The first kappa shape index (κ1) is 14.8. The zero-order valence-electron chi connectivity index (χ0n) is 12.1. The number of pyridine rings is 1. The van der Waals surface area contributed by atoms with Crippen molar-refractivity contribution in [1.82, 2.24) is 10.3 Å². The Kier molecular flexibility index (Phi) is 5.32. The smallest absolute Gasteiger partial charge is 0.119 e. The molecule has 4 nitrogen and oxygen atoms in total. The van der Waals surface area contributed by atoms with Crippen molar-refractivity contribution in [2.45, 2.75) is 32.4 Å². The Morgan fingerprint density at radius 3 is 2.95 bits per heavy atom. The van der Waals surface area contributed by atoms with Crippen LogP contribution in [0.25, 0.3) is 10.9 Å². The molecule has 1 unspecified atom stereocenters. The van der Waals surface area contributed by atoms with E-state index in [1.807, 2.05) is 30.5 Å². The average Bonchev–Trinajstić information content (AvgIpc) is 2.47. The van der Waals surface area contributed by atoms with E-state index in [1.165, 1.54) is 0 Å². The number of aliphatic hydroxyl groups is 1. The molecule has 108 valence electrons. The third-order valence-electron chi connectivity index (χ3n) is 3.36. The fourth-order valence-corrected chi connectivity index (χ4v) is 2.27. The number of rotatable bonds is 7. The van der Waals surface area contributed by atoms with Crippen LogP contribution >= 0.6 is 0 Å². The Bertz CT molecular complexity index is 557. The molecule has 1 atom stereocenters. The molecular weight excluding hydrogens is 252 g/mol. The molecule has 0 saturated heterocycles. The number of aliphatic hydroxyl groups excluding tert-OH is 1. The van der Waals surface area contributed by atoms with E-state index in [4.69, 9.17) is 4.74 Å². The van der Waals surface area contributed by atoms with Crippen LogP contribution in [0.4, 0.5) is 0 Å². The molecule has 1 aromatic heterocycles. The van der Waals surface area contributed by atoms with E-state index in [0.29, 0.717) is 13.1 Å². The SMILES string of the molecule is CCCC(O)CNCc1ccnc2ccc(OC)cc12. The molecule has 4 heteroatoms. The Morgan fingerprint density at radius 1 is 1.35 bits per heavy atom. The number of hydrogen-bond acceptors (Lipinski definition) is 4. The number of methoxy groups -OCH3 is 1. The Hall–Kier alpha value is -1.65. The van der Waals surface area contributed by atoms with Crippen molar-refractivity contribution in [3.05, 3.63) is 36.0 Å². The predicted molar refractivity (Wildman–Crippen MR) is 80.9 cm³/mol. The molecule has 2 aromatic rings. The van der Waals surface area contributed by atoms with E-state index in [2.05, 4.69) is 17.2 Å². The molecule has 0 aliphatic carbocycles. The molecule has 2 N–H and O–H groups in total. The number of hydrogen-bond donors (Lipinski definition) is 2. The van der Waals surface area contributed by atoms with Crippen molar-refractivity contribution < 1.29 is 9.84 Å². The third kappa shape index (κ3) is 3.68. The largest absolute Gasteiger partial charge is 0.497 e. The van der Waals surface area contributed by atoms with Gasteiger partial charge in [-0.1, -0.05) is 13.3 Å². The van der Waals surface area contributed by atoms with Crippen LogP contribution in [-0.4, -0.2) is 29.8 Å². The lowest BCUT2D eigenvalue weighted by atomic mass is 10.1. The van der Waals surface area contributed by atoms with Crippen LogP contribution < -0.4 is 10.1 Å². The van der Waals surface area contributed by atoms with Gasteiger partial charge in [0.1, 0.15) is 5.75 Å². The maximum absolute atomic E-state index is 9.73. The third-order valence-corrected chi connectivity index (χ3v) is 3.36. The summed E-state index contributed by atoms with van der Waals surface area (Å²) in [6.45, 7) is 3.40. The standard InChI is InChI=1S/C16H22N2O2/c1-3-4-13(19)11-17-10-12-7-8-18-16-6-5-14(20-2)9-15(12)16/h5-9,13,17,19H,3-4,10-11H2,1-2H3. The minimum absolute atomic E-state index is 0.275. The van der Waals surface area contributed by atoms with Crippen LogP contribution in [0.2, 0.25) is 0 Å². The zero-order valence-corrected chi connectivity index (χ0v) is 12.1. The Morgan fingerprint density at radius 2 is 2.20 bits per heavy atom. The van der Waals surface area contributed by atoms with Crippen LogP contribution in [0.5, 0.6) is 5.75 Å². The highest BCUT2D eigenvalue weighted by Crippen LogP contribution is 2.22. The zero-order chi connectivity index (χ0) is 14.4. The molecule has 0 fully saturated rings. The van der Waals surface area contributed by atoms with Crippen LogP contribution in [0, 0.1) is 0 Å². The molecule has 0 aliphatic heterocycles. The van der Waals surface area contributed by atoms with Crippen molar-refractivity contribution in [1.29, 1.82) is 0 Å². The molecule has 0 bridgehead atoms. The molecule has 0 radical (unpaired) electrons. The maximum atomic E-state index is 9.73. The van der Waals surface area contributed by atoms with Gasteiger partial charge in [0.25, 0.3) is 0 Å². The van der Waals surface area contributed by atoms with Gasteiger partial charge in [-0.05, 0) is 36.2 Å². The van der Waals surface area contributed by atoms with Gasteiger partial charge in [-0.15, -0.1) is 0 Å². The van der Waals surface area contributed by atoms with E-state index >= 15 is 0 Å². The van der Waals surface area contributed by atoms with Gasteiger partial charge in [0.2, 0.25) is 0 Å². The summed E-state index contributed by atoms with van der Waals surface area (Å²) in [5.74, 6) is 0.831. The molecule has 2 rings (SSSR count). The maximum Gasteiger partial charge on any atom is 0.119 e. The van der Waals surface area contributed by atoms with Crippen molar-refractivity contribution in [3.63, 3.8) is 0 Å². The van der Waals surface area contributed by atoms with Crippen molar-refractivity contribution >= 4 is 10.9 Å². The monoisotopic (exact) mass is 274 g/mol. The molecule has 0 saturated carbocycles. The second-order valence-corrected chi connectivity index (χ2v) is 4.93. The average molecular weight is 274 g/mol. The minimum Gasteiger partial charge on any atom is -0.497 e. The fraction of sp³-hybridized carbons (Fsp3) is 0.438. The van der Waals surface area contributed by atoms with E-state index in [0.717, 1.165) is 35.1 Å². The second-order valence-electron chi connectivity index (χ2n) is 4.93. The first-order chi connectivity index (χ1) is 9.74. The van der Waals surface area contributed by atoms with Crippen LogP contribution in [0.1, 0.15) is 25.3 Å². The highest BCUT2D eigenvalue weighted by molar-refractivity contribution is 5.83. The summed E-state index contributed by atoms with van der Waals surface area (Å²) in [6.07, 6.45) is 3.37. The highest BCUT2D eigenvalue weighted by Gasteiger charge is 2.05. The van der Waals surface area contributed by atoms with Gasteiger partial charge in [0.15, 0.2) is 0 Å². The lowest BCUT2D eigenvalue weighted by Gasteiger charge is -2.12. The van der Waals surface area contributed by atoms with Crippen LogP contribution in [0.15, 0.2) is 30.5 Å². The van der Waals surface area contributed by atoms with E-state index in [9.17, 15) is 5.11 Å². The van der Waals surface area contributed by atoms with Gasteiger partial charge in [-0.3, -0.25) is 4.98 Å². The van der Waals surface area contributed by atoms with E-state index in [-0.39, 0.29) is 6.10 Å². The van der Waals surface area contributed by atoms with Gasteiger partial charge >= 0.3 is 0 Å². The second kappa shape index (κ2) is 7.22. The van der Waals surface area contributed by atoms with Gasteiger partial charge in [0.05, 0.1) is 18.7 Å². The predicted octanol–water partition coefficient (Wildman–Crippen LogP) is 2.49. The summed E-state index contributed by atoms with van der Waals surface area (Å²) in [5, 5.41) is 14.1. The summed E-state index contributed by atoms with van der Waals surface area (Å²) in [6, 6.07) is 7.88. The number of ether oxygens (including phenoxy) is 1. The van der Waals surface area contributed by atoms with Gasteiger partial charge < -0.3 is 15.2 Å². The Balaban J connectivity index is 2.09. The van der Waals surface area contributed by atoms with Crippen molar-refractivity contribution in [2.75, 3.05) is 13.7 Å². The van der Waals surface area contributed by atoms with E-state index < -0.39 is 0 Å². The summed E-state index contributed by atoms with van der Waals surface area (Å²) in [4.78, 5) is 4.36. The molecule has 0 spiro atoms. The molecule has 20 heavy (non-hydrogen) atoms. The lowest BCUT2D eigenvalue weighted by Crippen LogP contribution is -2.26. The quantitative estimate of drug-likeness (QED) is 0.814. The summed E-state index contributed by atoms with van der Waals surface area (Å²) >= 11 is 0. The van der Waals surface area contributed by atoms with Crippen LogP contribution in [-0.2, 0) is 6.54 Å².